The van der Waals surface area contributed by atoms with Crippen LogP contribution in [-0.4, -0.2) is 25.1 Å². The van der Waals surface area contributed by atoms with Crippen LogP contribution in [0.2, 0.25) is 0 Å². The van der Waals surface area contributed by atoms with Gasteiger partial charge < -0.3 is 4.74 Å². The highest BCUT2D eigenvalue weighted by atomic mass is 32.2. The fraction of sp³-hybridized carbons (Fsp3) is 0.133. The van der Waals surface area contributed by atoms with Crippen molar-refractivity contribution in [2.45, 2.75) is 11.5 Å². The number of hydrogen-bond acceptors (Lipinski definition) is 6. The molecule has 0 aromatic heterocycles. The van der Waals surface area contributed by atoms with Gasteiger partial charge in [0, 0.05) is 12.1 Å². The summed E-state index contributed by atoms with van der Waals surface area (Å²) in [4.78, 5) is 21.4. The quantitative estimate of drug-likeness (QED) is 0.455. The van der Waals surface area contributed by atoms with Gasteiger partial charge in [-0.1, -0.05) is 30.3 Å². The van der Waals surface area contributed by atoms with E-state index in [0.29, 0.717) is 0 Å². The molecular formula is C15H13NO6S. The summed E-state index contributed by atoms with van der Waals surface area (Å²) in [5.74, 6) is -1.70. The number of hydrogen-bond donors (Lipinski definition) is 0. The Labute approximate surface area is 132 Å². The van der Waals surface area contributed by atoms with Gasteiger partial charge in [-0.3, -0.25) is 14.9 Å². The largest absolute Gasteiger partial charge is 0.460 e. The lowest BCUT2D eigenvalue weighted by Gasteiger charge is -2.06. The van der Waals surface area contributed by atoms with E-state index in [4.69, 9.17) is 4.74 Å². The number of ether oxygens (including phenoxy) is 1. The van der Waals surface area contributed by atoms with Gasteiger partial charge in [0.15, 0.2) is 15.6 Å². The lowest BCUT2D eigenvalue weighted by Crippen LogP contribution is -2.18. The van der Waals surface area contributed by atoms with E-state index >= 15 is 0 Å². The van der Waals surface area contributed by atoms with Crippen LogP contribution in [0.5, 0.6) is 0 Å². The Hall–Kier alpha value is -2.74. The zero-order valence-electron chi connectivity index (χ0n) is 11.9. The predicted molar refractivity (Wildman–Crippen MR) is 81.4 cm³/mol. The molecule has 8 heteroatoms. The van der Waals surface area contributed by atoms with Crippen LogP contribution in [0.4, 0.5) is 5.69 Å². The molecule has 23 heavy (non-hydrogen) atoms. The van der Waals surface area contributed by atoms with Gasteiger partial charge in [-0.25, -0.2) is 8.42 Å². The minimum absolute atomic E-state index is 0.0184. The van der Waals surface area contributed by atoms with E-state index in [9.17, 15) is 23.3 Å². The summed E-state index contributed by atoms with van der Waals surface area (Å²) >= 11 is 0. The van der Waals surface area contributed by atoms with Crippen LogP contribution in [0.1, 0.15) is 5.56 Å². The highest BCUT2D eigenvalue weighted by molar-refractivity contribution is 7.92. The molecule has 0 unspecified atom stereocenters. The molecule has 0 radical (unpaired) electrons. The third kappa shape index (κ3) is 4.62. The first-order valence-corrected chi connectivity index (χ1v) is 8.20. The zero-order chi connectivity index (χ0) is 16.9. The van der Waals surface area contributed by atoms with Crippen molar-refractivity contribution in [2.75, 3.05) is 5.75 Å². The SMILES string of the molecule is O=C(CS(=O)(=O)c1ccc([N+](=O)[O-])cc1)OCc1ccccc1. The third-order valence-corrected chi connectivity index (χ3v) is 4.56. The zero-order valence-corrected chi connectivity index (χ0v) is 12.7. The minimum Gasteiger partial charge on any atom is -0.460 e. The third-order valence-electron chi connectivity index (χ3n) is 2.96. The van der Waals surface area contributed by atoms with Gasteiger partial charge in [-0.2, -0.15) is 0 Å². The van der Waals surface area contributed by atoms with E-state index in [1.165, 1.54) is 0 Å². The normalized spacial score (nSPS) is 11.0. The van der Waals surface area contributed by atoms with Gasteiger partial charge in [0.05, 0.1) is 9.82 Å². The number of esters is 1. The number of non-ortho nitro benzene ring substituents is 1. The lowest BCUT2D eigenvalue weighted by atomic mass is 10.2. The maximum Gasteiger partial charge on any atom is 0.321 e. The summed E-state index contributed by atoms with van der Waals surface area (Å²) < 4.78 is 29.0. The van der Waals surface area contributed by atoms with E-state index < -0.39 is 26.5 Å². The highest BCUT2D eigenvalue weighted by Crippen LogP contribution is 2.17. The number of carbonyl (C=O) groups excluding carboxylic acids is 1. The molecule has 0 N–H and O–H groups in total. The molecule has 2 rings (SSSR count). The summed E-state index contributed by atoms with van der Waals surface area (Å²) in [6.07, 6.45) is 0. The molecule has 0 bridgehead atoms. The molecule has 0 aliphatic rings. The van der Waals surface area contributed by atoms with Crippen molar-refractivity contribution in [1.82, 2.24) is 0 Å². The van der Waals surface area contributed by atoms with E-state index in [0.717, 1.165) is 29.8 Å². The second kappa shape index (κ2) is 7.01. The van der Waals surface area contributed by atoms with Crippen molar-refractivity contribution in [2.24, 2.45) is 0 Å². The molecule has 0 spiro atoms. The van der Waals surface area contributed by atoms with Gasteiger partial charge in [-0.15, -0.1) is 0 Å². The second-order valence-electron chi connectivity index (χ2n) is 4.66. The Morgan fingerprint density at radius 2 is 1.65 bits per heavy atom. The average molecular weight is 335 g/mol. The van der Waals surface area contributed by atoms with Gasteiger partial charge >= 0.3 is 5.97 Å². The maximum absolute atomic E-state index is 12.1. The highest BCUT2D eigenvalue weighted by Gasteiger charge is 2.21. The van der Waals surface area contributed by atoms with Gasteiger partial charge in [0.25, 0.3) is 5.69 Å². The predicted octanol–water partition coefficient (Wildman–Crippen LogP) is 2.11. The fourth-order valence-corrected chi connectivity index (χ4v) is 2.90. The summed E-state index contributed by atoms with van der Waals surface area (Å²) in [6, 6.07) is 13.2. The number of sulfone groups is 1. The summed E-state index contributed by atoms with van der Waals surface area (Å²) in [5.41, 5.74) is 0.518. The molecule has 2 aromatic rings. The molecule has 0 fully saturated rings. The van der Waals surface area contributed by atoms with Crippen LogP contribution in [-0.2, 0) is 26.0 Å². The molecule has 0 heterocycles. The van der Waals surface area contributed by atoms with Crippen molar-refractivity contribution < 1.29 is 22.9 Å². The molecule has 0 aliphatic heterocycles. The maximum atomic E-state index is 12.1. The number of nitro benzene ring substituents is 1. The summed E-state index contributed by atoms with van der Waals surface area (Å²) in [7, 11) is -3.90. The molecule has 0 atom stereocenters. The fourth-order valence-electron chi connectivity index (χ4n) is 1.79. The molecule has 0 saturated carbocycles. The first-order chi connectivity index (χ1) is 10.9. The molecule has 0 saturated heterocycles. The Bertz CT molecular complexity index is 800. The van der Waals surface area contributed by atoms with Crippen molar-refractivity contribution in [3.8, 4) is 0 Å². The van der Waals surface area contributed by atoms with Crippen LogP contribution in [0.3, 0.4) is 0 Å². The monoisotopic (exact) mass is 335 g/mol. The summed E-state index contributed by atoms with van der Waals surface area (Å²) in [6.45, 7) is -0.0184. The van der Waals surface area contributed by atoms with Crippen LogP contribution in [0.25, 0.3) is 0 Å². The number of benzene rings is 2. The van der Waals surface area contributed by atoms with Crippen LogP contribution >= 0.6 is 0 Å². The standard InChI is InChI=1S/C15H13NO6S/c17-15(22-10-12-4-2-1-3-5-12)11-23(20,21)14-8-6-13(7-9-14)16(18)19/h1-9H,10-11H2. The van der Waals surface area contributed by atoms with Crippen molar-refractivity contribution in [1.29, 1.82) is 0 Å². The smallest absolute Gasteiger partial charge is 0.321 e. The summed E-state index contributed by atoms with van der Waals surface area (Å²) in [5, 5.41) is 10.5. The number of nitro groups is 1. The lowest BCUT2D eigenvalue weighted by molar-refractivity contribution is -0.384. The Kier molecular flexibility index (Phi) is 5.07. The van der Waals surface area contributed by atoms with E-state index in [1.807, 2.05) is 6.07 Å². The van der Waals surface area contributed by atoms with Crippen molar-refractivity contribution in [3.05, 3.63) is 70.3 Å². The molecular weight excluding hydrogens is 322 g/mol. The number of nitrogens with zero attached hydrogens (tertiary/aromatic N) is 1. The molecule has 0 aliphatic carbocycles. The van der Waals surface area contributed by atoms with E-state index in [-0.39, 0.29) is 17.2 Å². The van der Waals surface area contributed by atoms with Crippen LogP contribution in [0, 0.1) is 10.1 Å². The van der Waals surface area contributed by atoms with Crippen molar-refractivity contribution in [3.63, 3.8) is 0 Å². The second-order valence-corrected chi connectivity index (χ2v) is 6.65. The van der Waals surface area contributed by atoms with Crippen molar-refractivity contribution >= 4 is 21.5 Å². The van der Waals surface area contributed by atoms with E-state index in [1.54, 1.807) is 24.3 Å². The first-order valence-electron chi connectivity index (χ1n) is 6.55. The first kappa shape index (κ1) is 16.6. The van der Waals surface area contributed by atoms with Crippen LogP contribution < -0.4 is 0 Å². The van der Waals surface area contributed by atoms with E-state index in [2.05, 4.69) is 0 Å². The molecule has 120 valence electrons. The Balaban J connectivity index is 1.99. The molecule has 2 aromatic carbocycles. The molecule has 0 amide bonds. The number of rotatable bonds is 6. The number of carbonyl (C=O) groups is 1. The minimum atomic E-state index is -3.90. The molecule has 7 nitrogen and oxygen atoms in total. The van der Waals surface area contributed by atoms with Gasteiger partial charge in [0.1, 0.15) is 6.61 Å². The Morgan fingerprint density at radius 3 is 2.22 bits per heavy atom. The Morgan fingerprint density at radius 1 is 1.04 bits per heavy atom. The van der Waals surface area contributed by atoms with Crippen LogP contribution in [0.15, 0.2) is 59.5 Å². The van der Waals surface area contributed by atoms with Gasteiger partial charge in [-0.05, 0) is 17.7 Å². The topological polar surface area (TPSA) is 104 Å². The average Bonchev–Trinajstić information content (AvgIpc) is 2.53. The van der Waals surface area contributed by atoms with Gasteiger partial charge in [0.2, 0.25) is 0 Å².